The first kappa shape index (κ1) is 15.4. The van der Waals surface area contributed by atoms with Crippen molar-refractivity contribution in [3.63, 3.8) is 0 Å². The van der Waals surface area contributed by atoms with Crippen LogP contribution in [0.2, 0.25) is 0 Å². The maximum Gasteiger partial charge on any atom is 0.308 e. The van der Waals surface area contributed by atoms with Gasteiger partial charge in [0, 0.05) is 25.2 Å². The van der Waals surface area contributed by atoms with Crippen LogP contribution in [-0.2, 0) is 16.1 Å². The van der Waals surface area contributed by atoms with Crippen molar-refractivity contribution in [1.82, 2.24) is 10.2 Å². The Morgan fingerprint density at radius 3 is 2.86 bits per heavy atom. The molecule has 6 heteroatoms. The van der Waals surface area contributed by atoms with E-state index in [-0.39, 0.29) is 11.9 Å². The molecule has 1 aliphatic rings. The number of furan rings is 1. The van der Waals surface area contributed by atoms with E-state index in [1.54, 1.807) is 12.5 Å². The topological polar surface area (TPSA) is 67.1 Å². The number of aliphatic imine (C=N–C) groups is 1. The van der Waals surface area contributed by atoms with E-state index < -0.39 is 0 Å². The minimum absolute atomic E-state index is 0.0167. The average Bonchev–Trinajstić information content (AvgIpc) is 3.04. The number of piperidine rings is 1. The summed E-state index contributed by atoms with van der Waals surface area (Å²) >= 11 is 0. The minimum Gasteiger partial charge on any atom is -0.472 e. The molecule has 116 valence electrons. The highest BCUT2D eigenvalue weighted by Crippen LogP contribution is 2.18. The predicted octanol–water partition coefficient (Wildman–Crippen LogP) is 1.63. The van der Waals surface area contributed by atoms with Gasteiger partial charge >= 0.3 is 5.97 Å². The first-order chi connectivity index (χ1) is 10.2. The Kier molecular flexibility index (Phi) is 5.66. The van der Waals surface area contributed by atoms with Crippen molar-refractivity contribution in [3.8, 4) is 0 Å². The number of nitrogens with zero attached hydrogens (tertiary/aromatic N) is 2. The number of ether oxygens (including phenoxy) is 1. The van der Waals surface area contributed by atoms with Crippen LogP contribution in [0.5, 0.6) is 0 Å². The SMILES string of the molecule is CCNC(=NCc1ccoc1)N1CCC(C(=O)OC)CC1. The van der Waals surface area contributed by atoms with Gasteiger partial charge in [-0.1, -0.05) is 0 Å². The number of rotatable bonds is 4. The zero-order valence-corrected chi connectivity index (χ0v) is 12.7. The molecular weight excluding hydrogens is 270 g/mol. The molecular formula is C15H23N3O3. The number of methoxy groups -OCH3 is 1. The Morgan fingerprint density at radius 2 is 2.29 bits per heavy atom. The highest BCUT2D eigenvalue weighted by atomic mass is 16.5. The largest absolute Gasteiger partial charge is 0.472 e. The highest BCUT2D eigenvalue weighted by molar-refractivity contribution is 5.80. The summed E-state index contributed by atoms with van der Waals surface area (Å²) in [6.07, 6.45) is 4.97. The fourth-order valence-corrected chi connectivity index (χ4v) is 2.47. The number of nitrogens with one attached hydrogen (secondary N) is 1. The third-order valence-corrected chi connectivity index (χ3v) is 3.66. The summed E-state index contributed by atoms with van der Waals surface area (Å²) < 4.78 is 9.87. The molecule has 1 N–H and O–H groups in total. The number of hydrogen-bond donors (Lipinski definition) is 1. The molecule has 0 amide bonds. The van der Waals surface area contributed by atoms with E-state index in [0.29, 0.717) is 6.54 Å². The van der Waals surface area contributed by atoms with Gasteiger partial charge in [-0.15, -0.1) is 0 Å². The van der Waals surface area contributed by atoms with E-state index in [4.69, 9.17) is 9.15 Å². The molecule has 1 aromatic heterocycles. The number of carbonyl (C=O) groups is 1. The van der Waals surface area contributed by atoms with Gasteiger partial charge in [-0.25, -0.2) is 4.99 Å². The lowest BCUT2D eigenvalue weighted by molar-refractivity contribution is -0.146. The Balaban J connectivity index is 1.93. The van der Waals surface area contributed by atoms with Gasteiger partial charge in [0.1, 0.15) is 0 Å². The summed E-state index contributed by atoms with van der Waals surface area (Å²) in [5, 5.41) is 3.30. The average molecular weight is 293 g/mol. The molecule has 2 heterocycles. The summed E-state index contributed by atoms with van der Waals surface area (Å²) in [6.45, 7) is 5.10. The van der Waals surface area contributed by atoms with E-state index >= 15 is 0 Å². The van der Waals surface area contributed by atoms with Gasteiger partial charge in [-0.2, -0.15) is 0 Å². The Hall–Kier alpha value is -1.98. The molecule has 1 fully saturated rings. The van der Waals surface area contributed by atoms with Gasteiger partial charge in [0.2, 0.25) is 0 Å². The van der Waals surface area contributed by atoms with Gasteiger partial charge in [-0.05, 0) is 25.8 Å². The number of likely N-dealkylation sites (tertiary alicyclic amines) is 1. The summed E-state index contributed by atoms with van der Waals surface area (Å²) in [7, 11) is 1.45. The standard InChI is InChI=1S/C15H23N3O3/c1-3-16-15(17-10-12-6-9-21-11-12)18-7-4-13(5-8-18)14(19)20-2/h6,9,11,13H,3-5,7-8,10H2,1-2H3,(H,16,17). The van der Waals surface area contributed by atoms with Gasteiger partial charge in [0.05, 0.1) is 32.1 Å². The molecule has 0 unspecified atom stereocenters. The molecule has 21 heavy (non-hydrogen) atoms. The molecule has 1 aromatic rings. The van der Waals surface area contributed by atoms with Crippen LogP contribution < -0.4 is 5.32 Å². The summed E-state index contributed by atoms with van der Waals surface area (Å²) in [5.41, 5.74) is 1.05. The Bertz CT molecular complexity index is 463. The molecule has 0 atom stereocenters. The Morgan fingerprint density at radius 1 is 1.52 bits per heavy atom. The fraction of sp³-hybridized carbons (Fsp3) is 0.600. The lowest BCUT2D eigenvalue weighted by atomic mass is 9.97. The van der Waals surface area contributed by atoms with Crippen LogP contribution in [0.4, 0.5) is 0 Å². The van der Waals surface area contributed by atoms with Crippen LogP contribution in [-0.4, -0.2) is 43.6 Å². The first-order valence-electron chi connectivity index (χ1n) is 7.36. The van der Waals surface area contributed by atoms with E-state index in [1.165, 1.54) is 7.11 Å². The number of hydrogen-bond acceptors (Lipinski definition) is 4. The molecule has 0 bridgehead atoms. The van der Waals surface area contributed by atoms with E-state index in [1.807, 2.05) is 6.07 Å². The zero-order chi connectivity index (χ0) is 15.1. The quantitative estimate of drug-likeness (QED) is 0.519. The molecule has 6 nitrogen and oxygen atoms in total. The van der Waals surface area contributed by atoms with Crippen molar-refractivity contribution in [2.75, 3.05) is 26.7 Å². The van der Waals surface area contributed by atoms with Crippen molar-refractivity contribution in [2.24, 2.45) is 10.9 Å². The van der Waals surface area contributed by atoms with E-state index in [0.717, 1.165) is 44.0 Å². The van der Waals surface area contributed by atoms with Crippen LogP contribution in [0, 0.1) is 5.92 Å². The van der Waals surface area contributed by atoms with E-state index in [9.17, 15) is 4.79 Å². The second kappa shape index (κ2) is 7.71. The van der Waals surface area contributed by atoms with Crippen molar-refractivity contribution in [3.05, 3.63) is 24.2 Å². The van der Waals surface area contributed by atoms with Crippen molar-refractivity contribution >= 4 is 11.9 Å². The monoisotopic (exact) mass is 293 g/mol. The fourth-order valence-electron chi connectivity index (χ4n) is 2.47. The van der Waals surface area contributed by atoms with Crippen molar-refractivity contribution in [1.29, 1.82) is 0 Å². The normalized spacial score (nSPS) is 16.9. The third-order valence-electron chi connectivity index (χ3n) is 3.66. The van der Waals surface area contributed by atoms with Crippen LogP contribution in [0.25, 0.3) is 0 Å². The van der Waals surface area contributed by atoms with Crippen molar-refractivity contribution in [2.45, 2.75) is 26.3 Å². The van der Waals surface area contributed by atoms with Gasteiger partial charge in [0.25, 0.3) is 0 Å². The molecule has 0 spiro atoms. The lowest BCUT2D eigenvalue weighted by Crippen LogP contribution is -2.46. The summed E-state index contributed by atoms with van der Waals surface area (Å²) in [5.74, 6) is 0.806. The lowest BCUT2D eigenvalue weighted by Gasteiger charge is -2.33. The van der Waals surface area contributed by atoms with Crippen LogP contribution in [0.15, 0.2) is 28.0 Å². The van der Waals surface area contributed by atoms with Crippen LogP contribution in [0.1, 0.15) is 25.3 Å². The molecule has 0 radical (unpaired) electrons. The van der Waals surface area contributed by atoms with Gasteiger partial charge in [-0.3, -0.25) is 4.79 Å². The van der Waals surface area contributed by atoms with E-state index in [2.05, 4.69) is 22.1 Å². The number of esters is 1. The molecule has 0 aliphatic carbocycles. The van der Waals surface area contributed by atoms with Crippen LogP contribution >= 0.6 is 0 Å². The molecule has 0 saturated carbocycles. The molecule has 1 saturated heterocycles. The summed E-state index contributed by atoms with van der Waals surface area (Å²) in [6, 6.07) is 1.91. The van der Waals surface area contributed by atoms with Crippen LogP contribution in [0.3, 0.4) is 0 Å². The number of guanidine groups is 1. The first-order valence-corrected chi connectivity index (χ1v) is 7.36. The molecule has 1 aliphatic heterocycles. The molecule has 2 rings (SSSR count). The maximum atomic E-state index is 11.6. The molecule has 0 aromatic carbocycles. The van der Waals surface area contributed by atoms with Gasteiger partial charge < -0.3 is 19.4 Å². The van der Waals surface area contributed by atoms with Gasteiger partial charge in [0.15, 0.2) is 5.96 Å². The maximum absolute atomic E-state index is 11.6. The minimum atomic E-state index is -0.102. The second-order valence-corrected chi connectivity index (χ2v) is 5.09. The number of carbonyl (C=O) groups excluding carboxylic acids is 1. The highest BCUT2D eigenvalue weighted by Gasteiger charge is 2.26. The third kappa shape index (κ3) is 4.24. The zero-order valence-electron chi connectivity index (χ0n) is 12.7. The Labute approximate surface area is 125 Å². The smallest absolute Gasteiger partial charge is 0.308 e. The van der Waals surface area contributed by atoms with Crippen molar-refractivity contribution < 1.29 is 13.9 Å². The second-order valence-electron chi connectivity index (χ2n) is 5.09. The summed E-state index contributed by atoms with van der Waals surface area (Å²) in [4.78, 5) is 18.4. The predicted molar refractivity (Wildman–Crippen MR) is 79.8 cm³/mol.